The van der Waals surface area contributed by atoms with Crippen molar-refractivity contribution in [3.05, 3.63) is 29.8 Å². The fraction of sp³-hybridized carbons (Fsp3) is 0.500. The molecule has 1 unspecified atom stereocenters. The first kappa shape index (κ1) is 14.8. The third-order valence-electron chi connectivity index (χ3n) is 2.46. The van der Waals surface area contributed by atoms with Gasteiger partial charge in [-0.15, -0.1) is 0 Å². The number of hydrogen-bond acceptors (Lipinski definition) is 2. The molecule has 18 heavy (non-hydrogen) atoms. The largest absolute Gasteiger partial charge is 0.494 e. The summed E-state index contributed by atoms with van der Waals surface area (Å²) in [5, 5.41) is 7.12. The van der Waals surface area contributed by atoms with Crippen LogP contribution >= 0.6 is 12.2 Å². The van der Waals surface area contributed by atoms with Gasteiger partial charge in [0, 0.05) is 6.04 Å². The number of benzene rings is 1. The van der Waals surface area contributed by atoms with Crippen molar-refractivity contribution in [1.82, 2.24) is 10.6 Å². The Hall–Kier alpha value is -1.29. The van der Waals surface area contributed by atoms with E-state index >= 15 is 0 Å². The molecule has 0 spiro atoms. The van der Waals surface area contributed by atoms with E-state index in [2.05, 4.69) is 43.5 Å². The molecule has 0 aliphatic rings. The van der Waals surface area contributed by atoms with Gasteiger partial charge in [0.2, 0.25) is 0 Å². The molecule has 0 radical (unpaired) electrons. The molecule has 0 aromatic heterocycles. The van der Waals surface area contributed by atoms with E-state index in [-0.39, 0.29) is 6.04 Å². The Balaban J connectivity index is 2.55. The maximum Gasteiger partial charge on any atom is 0.166 e. The molecule has 1 atom stereocenters. The Kier molecular flexibility index (Phi) is 5.92. The molecule has 0 heterocycles. The highest BCUT2D eigenvalue weighted by atomic mass is 32.1. The van der Waals surface area contributed by atoms with Crippen LogP contribution in [0.2, 0.25) is 0 Å². The highest BCUT2D eigenvalue weighted by Gasteiger charge is 2.07. The molecule has 1 rings (SSSR count). The zero-order chi connectivity index (χ0) is 13.5. The lowest BCUT2D eigenvalue weighted by molar-refractivity contribution is 0.340. The lowest BCUT2D eigenvalue weighted by Crippen LogP contribution is -2.40. The van der Waals surface area contributed by atoms with Gasteiger partial charge in [-0.3, -0.25) is 0 Å². The first-order chi connectivity index (χ1) is 8.52. The normalized spacial score (nSPS) is 12.1. The van der Waals surface area contributed by atoms with Crippen molar-refractivity contribution in [3.63, 3.8) is 0 Å². The van der Waals surface area contributed by atoms with E-state index in [4.69, 9.17) is 17.0 Å². The average Bonchev–Trinajstić information content (AvgIpc) is 2.29. The maximum absolute atomic E-state index is 5.42. The second kappa shape index (κ2) is 7.21. The Bertz CT molecular complexity index is 376. The van der Waals surface area contributed by atoms with Crippen molar-refractivity contribution in [3.8, 4) is 5.75 Å². The summed E-state index contributed by atoms with van der Waals surface area (Å²) in [6.45, 7) is 8.89. The van der Waals surface area contributed by atoms with E-state index in [1.165, 1.54) is 5.56 Å². The van der Waals surface area contributed by atoms with Gasteiger partial charge < -0.3 is 15.4 Å². The number of ether oxygens (including phenoxy) is 1. The van der Waals surface area contributed by atoms with E-state index in [1.54, 1.807) is 0 Å². The van der Waals surface area contributed by atoms with Crippen LogP contribution in [0.5, 0.6) is 5.75 Å². The van der Waals surface area contributed by atoms with E-state index in [9.17, 15) is 0 Å². The van der Waals surface area contributed by atoms with E-state index in [1.807, 2.05) is 19.1 Å². The van der Waals surface area contributed by atoms with Crippen LogP contribution in [0.15, 0.2) is 24.3 Å². The van der Waals surface area contributed by atoms with Gasteiger partial charge in [0.05, 0.1) is 12.6 Å². The zero-order valence-electron chi connectivity index (χ0n) is 11.5. The number of thiocarbonyl (C=S) groups is 1. The topological polar surface area (TPSA) is 33.3 Å². The van der Waals surface area contributed by atoms with E-state index in [0.717, 1.165) is 5.75 Å². The first-order valence-corrected chi connectivity index (χ1v) is 6.73. The fourth-order valence-corrected chi connectivity index (χ4v) is 2.02. The first-order valence-electron chi connectivity index (χ1n) is 6.32. The lowest BCUT2D eigenvalue weighted by atomic mass is 10.1. The summed E-state index contributed by atoms with van der Waals surface area (Å²) >= 11 is 5.23. The van der Waals surface area contributed by atoms with Crippen LogP contribution in [0.3, 0.4) is 0 Å². The highest BCUT2D eigenvalue weighted by molar-refractivity contribution is 7.80. The van der Waals surface area contributed by atoms with Gasteiger partial charge in [0.25, 0.3) is 0 Å². The fourth-order valence-electron chi connectivity index (χ4n) is 1.60. The molecule has 0 fully saturated rings. The van der Waals surface area contributed by atoms with Crippen molar-refractivity contribution in [2.45, 2.75) is 39.8 Å². The summed E-state index contributed by atoms with van der Waals surface area (Å²) < 4.78 is 5.42. The Morgan fingerprint density at radius 1 is 1.17 bits per heavy atom. The molecule has 1 aromatic rings. The van der Waals surface area contributed by atoms with Crippen molar-refractivity contribution in [2.24, 2.45) is 0 Å². The van der Waals surface area contributed by atoms with Gasteiger partial charge in [0.1, 0.15) is 5.75 Å². The molecule has 0 amide bonds. The minimum absolute atomic E-state index is 0.180. The summed E-state index contributed by atoms with van der Waals surface area (Å²) in [5.74, 6) is 0.899. The molecule has 3 nitrogen and oxygen atoms in total. The summed E-state index contributed by atoms with van der Waals surface area (Å²) in [6.07, 6.45) is 0. The van der Waals surface area contributed by atoms with Gasteiger partial charge in [-0.05, 0) is 57.6 Å². The third kappa shape index (κ3) is 4.92. The molecule has 0 saturated heterocycles. The lowest BCUT2D eigenvalue weighted by Gasteiger charge is -2.19. The summed E-state index contributed by atoms with van der Waals surface area (Å²) in [5.41, 5.74) is 1.19. The SMILES string of the molecule is CCOc1ccc(C(C)NC(=S)NC(C)C)cc1. The standard InChI is InChI=1S/C14H22N2OS/c1-5-17-13-8-6-12(7-9-13)11(4)16-14(18)15-10(2)3/h6-11H,5H2,1-4H3,(H2,15,16,18). The Morgan fingerprint density at radius 2 is 1.78 bits per heavy atom. The molecule has 0 saturated carbocycles. The molecule has 0 aliphatic heterocycles. The maximum atomic E-state index is 5.42. The Labute approximate surface area is 115 Å². The molecule has 4 heteroatoms. The smallest absolute Gasteiger partial charge is 0.166 e. The minimum atomic E-state index is 0.180. The summed E-state index contributed by atoms with van der Waals surface area (Å²) in [4.78, 5) is 0. The van der Waals surface area contributed by atoms with Gasteiger partial charge in [0.15, 0.2) is 5.11 Å². The van der Waals surface area contributed by atoms with Gasteiger partial charge in [-0.2, -0.15) is 0 Å². The van der Waals surface area contributed by atoms with Gasteiger partial charge in [-0.25, -0.2) is 0 Å². The van der Waals surface area contributed by atoms with Gasteiger partial charge in [-0.1, -0.05) is 12.1 Å². The Morgan fingerprint density at radius 3 is 2.28 bits per heavy atom. The third-order valence-corrected chi connectivity index (χ3v) is 2.69. The number of rotatable bonds is 5. The predicted octanol–water partition coefficient (Wildman–Crippen LogP) is 3.02. The molecule has 100 valence electrons. The molecular formula is C14H22N2OS. The molecular weight excluding hydrogens is 244 g/mol. The number of nitrogens with one attached hydrogen (secondary N) is 2. The van der Waals surface area contributed by atoms with Crippen LogP contribution in [0, 0.1) is 0 Å². The molecule has 2 N–H and O–H groups in total. The van der Waals surface area contributed by atoms with Crippen LogP contribution in [0.1, 0.15) is 39.3 Å². The monoisotopic (exact) mass is 266 g/mol. The van der Waals surface area contributed by atoms with Crippen LogP contribution in [0.4, 0.5) is 0 Å². The summed E-state index contributed by atoms with van der Waals surface area (Å²) in [6, 6.07) is 8.60. The quantitative estimate of drug-likeness (QED) is 0.803. The second-order valence-electron chi connectivity index (χ2n) is 4.50. The molecule has 1 aromatic carbocycles. The van der Waals surface area contributed by atoms with Crippen molar-refractivity contribution in [2.75, 3.05) is 6.61 Å². The zero-order valence-corrected chi connectivity index (χ0v) is 12.3. The summed E-state index contributed by atoms with van der Waals surface area (Å²) in [7, 11) is 0. The molecule has 0 aliphatic carbocycles. The highest BCUT2D eigenvalue weighted by Crippen LogP contribution is 2.17. The van der Waals surface area contributed by atoms with Crippen molar-refractivity contribution >= 4 is 17.3 Å². The van der Waals surface area contributed by atoms with Crippen LogP contribution in [-0.2, 0) is 0 Å². The average molecular weight is 266 g/mol. The van der Waals surface area contributed by atoms with Crippen LogP contribution in [-0.4, -0.2) is 17.8 Å². The van der Waals surface area contributed by atoms with E-state index in [0.29, 0.717) is 17.8 Å². The van der Waals surface area contributed by atoms with Crippen molar-refractivity contribution in [1.29, 1.82) is 0 Å². The van der Waals surface area contributed by atoms with Crippen LogP contribution < -0.4 is 15.4 Å². The van der Waals surface area contributed by atoms with E-state index < -0.39 is 0 Å². The van der Waals surface area contributed by atoms with Crippen molar-refractivity contribution < 1.29 is 4.74 Å². The predicted molar refractivity (Wildman–Crippen MR) is 80.0 cm³/mol. The second-order valence-corrected chi connectivity index (χ2v) is 4.90. The van der Waals surface area contributed by atoms with Crippen LogP contribution in [0.25, 0.3) is 0 Å². The number of hydrogen-bond donors (Lipinski definition) is 2. The minimum Gasteiger partial charge on any atom is -0.494 e. The van der Waals surface area contributed by atoms with Gasteiger partial charge >= 0.3 is 0 Å². The molecule has 0 bridgehead atoms.